The van der Waals surface area contributed by atoms with Crippen molar-refractivity contribution in [3.8, 4) is 0 Å². The molecule has 4 nitrogen and oxygen atoms in total. The Morgan fingerprint density at radius 3 is 1.14 bits per heavy atom. The molecule has 7 heavy (non-hydrogen) atoms. The van der Waals surface area contributed by atoms with E-state index < -0.39 is 10.4 Å². The fourth-order valence-corrected chi connectivity index (χ4v) is 0. The van der Waals surface area contributed by atoms with Gasteiger partial charge in [0.2, 0.25) is 0 Å². The maximum atomic E-state index is 8.52. The SMILES string of the molecule is O=S(=O)([O-])[O-].S.[V]. The zero-order chi connectivity index (χ0) is 4.50. The molecule has 7 heteroatoms. The normalized spacial score (nSPS) is 8.29. The molecular weight excluding hydrogens is 179 g/mol. The van der Waals surface area contributed by atoms with Crippen LogP contribution in [0.5, 0.6) is 0 Å². The number of hydrogen-bond donors (Lipinski definition) is 0. The van der Waals surface area contributed by atoms with E-state index in [1.807, 2.05) is 0 Å². The second kappa shape index (κ2) is 4.95. The Hall–Kier alpha value is 0.804. The molecule has 0 N–H and O–H groups in total. The first-order chi connectivity index (χ1) is 2.00. The van der Waals surface area contributed by atoms with Gasteiger partial charge in [-0.3, -0.25) is 8.42 Å². The second-order valence-corrected chi connectivity index (χ2v) is 1.22. The van der Waals surface area contributed by atoms with Gasteiger partial charge in [-0.15, -0.1) is 0 Å². The Bertz CT molecular complexity index is 92.9. The molecule has 0 aliphatic heterocycles. The molecule has 0 aromatic rings. The van der Waals surface area contributed by atoms with Crippen molar-refractivity contribution in [3.05, 3.63) is 0 Å². The summed E-state index contributed by atoms with van der Waals surface area (Å²) in [6.45, 7) is 0. The molecule has 0 saturated carbocycles. The van der Waals surface area contributed by atoms with Crippen LogP contribution in [0.4, 0.5) is 0 Å². The van der Waals surface area contributed by atoms with E-state index >= 15 is 0 Å². The van der Waals surface area contributed by atoms with Crippen LogP contribution in [-0.2, 0) is 29.0 Å². The molecule has 0 fully saturated rings. The van der Waals surface area contributed by atoms with Gasteiger partial charge in [0.25, 0.3) is 0 Å². The monoisotopic (exact) mass is 181 g/mol. The van der Waals surface area contributed by atoms with Gasteiger partial charge in [-0.2, -0.15) is 13.5 Å². The molecule has 0 bridgehead atoms. The minimum atomic E-state index is -5.17. The van der Waals surface area contributed by atoms with Crippen LogP contribution < -0.4 is 0 Å². The molecule has 0 aliphatic carbocycles. The average Bonchev–Trinajstić information content (AvgIpc) is 0.722. The average molecular weight is 181 g/mol. The van der Waals surface area contributed by atoms with Crippen LogP contribution in [0.2, 0.25) is 0 Å². The number of hydrogen-bond acceptors (Lipinski definition) is 4. The standard InChI is InChI=1S/H2O4S.H2S.V/c1-5(2,3)4;;/h(H2,1,2,3,4);1H2;/p-2. The van der Waals surface area contributed by atoms with Crippen molar-refractivity contribution in [2.24, 2.45) is 0 Å². The van der Waals surface area contributed by atoms with Gasteiger partial charge in [0.05, 0.1) is 0 Å². The van der Waals surface area contributed by atoms with Gasteiger partial charge in [-0.05, 0) is 0 Å². The van der Waals surface area contributed by atoms with Crippen LogP contribution >= 0.6 is 13.5 Å². The second-order valence-electron chi connectivity index (χ2n) is 0.408. The minimum Gasteiger partial charge on any atom is -0.759 e. The Balaban J connectivity index is -0.0000000800. The fourth-order valence-electron chi connectivity index (χ4n) is 0. The maximum Gasteiger partial charge on any atom is 0.0311 e. The first kappa shape index (κ1) is 15.7. The van der Waals surface area contributed by atoms with Crippen molar-refractivity contribution in [1.82, 2.24) is 0 Å². The quantitative estimate of drug-likeness (QED) is 0.346. The van der Waals surface area contributed by atoms with E-state index in [0.717, 1.165) is 0 Å². The van der Waals surface area contributed by atoms with Crippen molar-refractivity contribution in [2.75, 3.05) is 0 Å². The molecule has 0 aromatic heterocycles. The summed E-state index contributed by atoms with van der Waals surface area (Å²) in [5.41, 5.74) is 0. The van der Waals surface area contributed by atoms with Crippen LogP contribution in [0, 0.1) is 0 Å². The number of rotatable bonds is 0. The zero-order valence-corrected chi connectivity index (χ0v) is 6.20. The summed E-state index contributed by atoms with van der Waals surface area (Å²) >= 11 is 0. The first-order valence-electron chi connectivity index (χ1n) is 0.667. The van der Waals surface area contributed by atoms with E-state index in [9.17, 15) is 0 Å². The van der Waals surface area contributed by atoms with Gasteiger partial charge in [0, 0.05) is 29.0 Å². The molecular formula is H2O4S2V-2. The van der Waals surface area contributed by atoms with Crippen molar-refractivity contribution >= 4 is 23.9 Å². The summed E-state index contributed by atoms with van der Waals surface area (Å²) in [6.07, 6.45) is 0. The molecule has 0 saturated heterocycles. The third-order valence-corrected chi connectivity index (χ3v) is 0. The Morgan fingerprint density at radius 1 is 1.14 bits per heavy atom. The maximum absolute atomic E-state index is 8.52. The van der Waals surface area contributed by atoms with Crippen LogP contribution in [-0.4, -0.2) is 17.5 Å². The Labute approximate surface area is 60.2 Å². The van der Waals surface area contributed by atoms with Gasteiger partial charge in [0.1, 0.15) is 0 Å². The molecule has 45 valence electrons. The van der Waals surface area contributed by atoms with Crippen molar-refractivity contribution in [1.29, 1.82) is 0 Å². The van der Waals surface area contributed by atoms with E-state index in [4.69, 9.17) is 17.5 Å². The molecule has 0 aliphatic rings. The van der Waals surface area contributed by atoms with Gasteiger partial charge in [0.15, 0.2) is 0 Å². The predicted molar refractivity (Wildman–Crippen MR) is 20.9 cm³/mol. The molecule has 0 heterocycles. The Morgan fingerprint density at radius 2 is 1.14 bits per heavy atom. The van der Waals surface area contributed by atoms with Crippen molar-refractivity contribution < 1.29 is 36.1 Å². The topological polar surface area (TPSA) is 80.3 Å². The van der Waals surface area contributed by atoms with Gasteiger partial charge < -0.3 is 9.11 Å². The first-order valence-corrected chi connectivity index (χ1v) is 2.00. The van der Waals surface area contributed by atoms with Crippen molar-refractivity contribution in [3.63, 3.8) is 0 Å². The van der Waals surface area contributed by atoms with E-state index in [0.29, 0.717) is 0 Å². The molecule has 0 spiro atoms. The third-order valence-electron chi connectivity index (χ3n) is 0. The molecule has 0 rings (SSSR count). The van der Waals surface area contributed by atoms with E-state index in [1.165, 1.54) is 0 Å². The van der Waals surface area contributed by atoms with Gasteiger partial charge in [-0.1, -0.05) is 0 Å². The smallest absolute Gasteiger partial charge is 0.0311 e. The van der Waals surface area contributed by atoms with Gasteiger partial charge >= 0.3 is 0 Å². The summed E-state index contributed by atoms with van der Waals surface area (Å²) in [6, 6.07) is 0. The summed E-state index contributed by atoms with van der Waals surface area (Å²) in [7, 11) is -5.17. The third kappa shape index (κ3) is 243. The summed E-state index contributed by atoms with van der Waals surface area (Å²) in [5.74, 6) is 0. The van der Waals surface area contributed by atoms with Crippen LogP contribution in [0.1, 0.15) is 0 Å². The molecule has 0 unspecified atom stereocenters. The fraction of sp³-hybridized carbons (Fsp3) is 0. The summed E-state index contributed by atoms with van der Waals surface area (Å²) in [4.78, 5) is 0. The summed E-state index contributed by atoms with van der Waals surface area (Å²) < 4.78 is 34.1. The van der Waals surface area contributed by atoms with Crippen LogP contribution in [0.25, 0.3) is 0 Å². The van der Waals surface area contributed by atoms with E-state index in [1.54, 1.807) is 0 Å². The minimum absolute atomic E-state index is 0. The summed E-state index contributed by atoms with van der Waals surface area (Å²) in [5, 5.41) is 0. The van der Waals surface area contributed by atoms with Gasteiger partial charge in [-0.25, -0.2) is 0 Å². The molecule has 0 amide bonds. The molecule has 0 atom stereocenters. The van der Waals surface area contributed by atoms with Crippen LogP contribution in [0.3, 0.4) is 0 Å². The van der Waals surface area contributed by atoms with Crippen LogP contribution in [0.15, 0.2) is 0 Å². The molecule has 1 radical (unpaired) electrons. The van der Waals surface area contributed by atoms with Crippen molar-refractivity contribution in [2.45, 2.75) is 0 Å². The van der Waals surface area contributed by atoms with E-state index in [2.05, 4.69) is 0 Å². The zero-order valence-electron chi connectivity index (χ0n) is 2.99. The van der Waals surface area contributed by atoms with E-state index in [-0.39, 0.29) is 32.1 Å². The molecule has 0 aromatic carbocycles. The Kier molecular flexibility index (Phi) is 11.1. The predicted octanol–water partition coefficient (Wildman–Crippen LogP) is -1.23. The largest absolute Gasteiger partial charge is 0.759 e.